The van der Waals surface area contributed by atoms with Gasteiger partial charge in [-0.1, -0.05) is 81.8 Å². The van der Waals surface area contributed by atoms with Crippen molar-refractivity contribution in [3.05, 3.63) is 125 Å². The van der Waals surface area contributed by atoms with Gasteiger partial charge in [0.2, 0.25) is 0 Å². The third kappa shape index (κ3) is 3.60. The van der Waals surface area contributed by atoms with Gasteiger partial charge in [-0.3, -0.25) is 0 Å². The number of anilines is 3. The van der Waals surface area contributed by atoms with E-state index in [1.165, 1.54) is 64.7 Å². The van der Waals surface area contributed by atoms with Gasteiger partial charge in [0.15, 0.2) is 0 Å². The Kier molecular flexibility index (Phi) is 5.41. The number of benzene rings is 5. The lowest BCUT2D eigenvalue weighted by Gasteiger charge is -2.37. The lowest BCUT2D eigenvalue weighted by molar-refractivity contribution is 0.327. The van der Waals surface area contributed by atoms with Gasteiger partial charge in [0.05, 0.1) is 0 Å². The molecule has 2 heteroatoms. The molecule has 1 spiro atoms. The number of furan rings is 1. The van der Waals surface area contributed by atoms with Crippen LogP contribution in [0.3, 0.4) is 0 Å². The predicted molar refractivity (Wildman–Crippen MR) is 184 cm³/mol. The van der Waals surface area contributed by atoms with Crippen molar-refractivity contribution in [3.63, 3.8) is 0 Å². The lowest BCUT2D eigenvalue weighted by atomic mass is 9.67. The molecule has 2 nitrogen and oxygen atoms in total. The molecular weight excluding hydrogens is 534 g/mol. The number of fused-ring (bicyclic) bond motifs is 11. The van der Waals surface area contributed by atoms with E-state index in [9.17, 15) is 0 Å². The van der Waals surface area contributed by atoms with Crippen LogP contribution in [0.2, 0.25) is 0 Å². The predicted octanol–water partition coefficient (Wildman–Crippen LogP) is 11.7. The van der Waals surface area contributed by atoms with Crippen LogP contribution in [-0.2, 0) is 10.8 Å². The van der Waals surface area contributed by atoms with Gasteiger partial charge in [0.1, 0.15) is 11.2 Å². The number of rotatable bonds is 3. The Bertz CT molecular complexity index is 2110. The van der Waals surface area contributed by atoms with Gasteiger partial charge in [0, 0.05) is 39.3 Å². The summed E-state index contributed by atoms with van der Waals surface area (Å²) in [6, 6.07) is 38.7. The summed E-state index contributed by atoms with van der Waals surface area (Å²) in [4.78, 5) is 2.45. The van der Waals surface area contributed by atoms with Gasteiger partial charge in [-0.2, -0.15) is 0 Å². The summed E-state index contributed by atoms with van der Waals surface area (Å²) in [6.45, 7) is 9.16. The Morgan fingerprint density at radius 2 is 1.39 bits per heavy atom. The highest BCUT2D eigenvalue weighted by Crippen LogP contribution is 2.66. The summed E-state index contributed by atoms with van der Waals surface area (Å²) in [7, 11) is 0. The molecule has 44 heavy (non-hydrogen) atoms. The van der Waals surface area contributed by atoms with E-state index in [0.717, 1.165) is 34.1 Å². The van der Waals surface area contributed by atoms with E-state index in [2.05, 4.69) is 130 Å². The lowest BCUT2D eigenvalue weighted by Crippen LogP contribution is -2.32. The van der Waals surface area contributed by atoms with Crippen LogP contribution < -0.4 is 4.90 Å². The zero-order chi connectivity index (χ0) is 29.8. The van der Waals surface area contributed by atoms with E-state index >= 15 is 0 Å². The molecule has 0 aliphatic heterocycles. The minimum absolute atomic E-state index is 0.0914. The van der Waals surface area contributed by atoms with Crippen LogP contribution in [0.15, 0.2) is 108 Å². The molecule has 1 aromatic heterocycles. The Labute approximate surface area is 260 Å². The van der Waals surface area contributed by atoms with Crippen LogP contribution in [0.4, 0.5) is 17.1 Å². The topological polar surface area (TPSA) is 16.4 Å². The molecule has 6 aromatic rings. The number of para-hydroxylation sites is 1. The van der Waals surface area contributed by atoms with Crippen molar-refractivity contribution in [3.8, 4) is 11.1 Å². The van der Waals surface area contributed by atoms with Gasteiger partial charge < -0.3 is 9.32 Å². The van der Waals surface area contributed by atoms with E-state index in [-0.39, 0.29) is 10.8 Å². The summed E-state index contributed by atoms with van der Waals surface area (Å²) in [6.07, 6.45) is 5.41. The van der Waals surface area contributed by atoms with Crippen molar-refractivity contribution in [1.29, 1.82) is 0 Å². The first-order valence-corrected chi connectivity index (χ1v) is 16.4. The van der Waals surface area contributed by atoms with Gasteiger partial charge >= 0.3 is 0 Å². The van der Waals surface area contributed by atoms with Crippen LogP contribution in [-0.4, -0.2) is 0 Å². The summed E-state index contributed by atoms with van der Waals surface area (Å²) >= 11 is 0. The average Bonchev–Trinajstić information content (AvgIpc) is 3.78. The van der Waals surface area contributed by atoms with Crippen molar-refractivity contribution in [2.75, 3.05) is 4.90 Å². The van der Waals surface area contributed by atoms with Gasteiger partial charge in [0.25, 0.3) is 0 Å². The largest absolute Gasteiger partial charge is 0.456 e. The van der Waals surface area contributed by atoms with Crippen molar-refractivity contribution in [1.82, 2.24) is 0 Å². The molecule has 1 heterocycles. The molecule has 0 saturated heterocycles. The maximum Gasteiger partial charge on any atom is 0.137 e. The molecule has 218 valence electrons. The van der Waals surface area contributed by atoms with E-state index in [1.807, 2.05) is 6.07 Å². The summed E-state index contributed by atoms with van der Waals surface area (Å²) < 4.78 is 6.40. The quantitative estimate of drug-likeness (QED) is 0.209. The molecule has 5 aromatic carbocycles. The molecule has 3 unspecified atom stereocenters. The normalized spacial score (nSPS) is 21.8. The van der Waals surface area contributed by atoms with Gasteiger partial charge in [-0.15, -0.1) is 0 Å². The summed E-state index contributed by atoms with van der Waals surface area (Å²) in [5.74, 6) is 1.58. The fourth-order valence-electron chi connectivity index (χ4n) is 9.45. The second-order valence-corrected chi connectivity index (χ2v) is 14.7. The number of aryl methyl sites for hydroxylation is 1. The SMILES string of the molecule is Cc1cc(N(c2ccc3c(c2)C2(CC4CCC2C4)c2ccccc2-3)c2ccc3c(c2)oc2ccccc23)ccc1C(C)(C)C. The molecule has 0 amide bonds. The third-order valence-electron chi connectivity index (χ3n) is 11.2. The van der Waals surface area contributed by atoms with Crippen LogP contribution in [0.1, 0.15) is 68.7 Å². The highest BCUT2D eigenvalue weighted by Gasteiger charge is 2.56. The highest BCUT2D eigenvalue weighted by atomic mass is 16.3. The number of nitrogens with zero attached hydrogens (tertiary/aromatic N) is 1. The second-order valence-electron chi connectivity index (χ2n) is 14.7. The third-order valence-corrected chi connectivity index (χ3v) is 11.2. The van der Waals surface area contributed by atoms with Crippen LogP contribution in [0.25, 0.3) is 33.1 Å². The van der Waals surface area contributed by atoms with Crippen LogP contribution in [0.5, 0.6) is 0 Å². The van der Waals surface area contributed by atoms with E-state index in [1.54, 1.807) is 11.1 Å². The first-order chi connectivity index (χ1) is 21.3. The fourth-order valence-corrected chi connectivity index (χ4v) is 9.45. The minimum atomic E-state index is 0.0914. The average molecular weight is 574 g/mol. The smallest absolute Gasteiger partial charge is 0.137 e. The number of hydrogen-bond donors (Lipinski definition) is 0. The van der Waals surface area contributed by atoms with Crippen molar-refractivity contribution < 1.29 is 4.42 Å². The minimum Gasteiger partial charge on any atom is -0.456 e. The maximum atomic E-state index is 6.40. The Morgan fingerprint density at radius 3 is 2.18 bits per heavy atom. The molecule has 3 aliphatic rings. The van der Waals surface area contributed by atoms with Gasteiger partial charge in [-0.25, -0.2) is 0 Å². The van der Waals surface area contributed by atoms with Crippen molar-refractivity contribution >= 4 is 39.0 Å². The molecular formula is C42H39NO. The Balaban J connectivity index is 1.26. The zero-order valence-corrected chi connectivity index (χ0v) is 26.2. The molecule has 3 aliphatic carbocycles. The van der Waals surface area contributed by atoms with Crippen molar-refractivity contribution in [2.24, 2.45) is 11.8 Å². The Morgan fingerprint density at radius 1 is 0.682 bits per heavy atom. The number of hydrogen-bond acceptors (Lipinski definition) is 2. The molecule has 3 atom stereocenters. The fraction of sp³-hybridized carbons (Fsp3) is 0.286. The van der Waals surface area contributed by atoms with Gasteiger partial charge in [-0.05, 0) is 119 Å². The van der Waals surface area contributed by atoms with Crippen molar-refractivity contribution in [2.45, 2.75) is 64.2 Å². The molecule has 2 bridgehead atoms. The van der Waals surface area contributed by atoms with E-state index in [0.29, 0.717) is 0 Å². The standard InChI is InChI=1S/C42H39NO/c1-26-21-29(17-20-36(26)41(2,3)4)43(31-16-19-35-34-10-6-8-12-39(34)44-40(35)24-31)30-15-18-33-32-9-5-7-11-37(32)42(38(33)23-30)25-27-13-14-28(42)22-27/h5-12,15-21,23-24,27-28H,13-14,22,25H2,1-4H3. The summed E-state index contributed by atoms with van der Waals surface area (Å²) in [5.41, 5.74) is 14.3. The highest BCUT2D eigenvalue weighted by molar-refractivity contribution is 6.06. The molecule has 0 radical (unpaired) electrons. The molecule has 2 saturated carbocycles. The summed E-state index contributed by atoms with van der Waals surface area (Å²) in [5, 5.41) is 2.33. The Hall–Kier alpha value is -4.30. The second kappa shape index (κ2) is 9.11. The zero-order valence-electron chi connectivity index (χ0n) is 26.2. The monoisotopic (exact) mass is 573 g/mol. The molecule has 2 fully saturated rings. The molecule has 0 N–H and O–H groups in total. The first kappa shape index (κ1) is 26.1. The maximum absolute atomic E-state index is 6.40. The molecule has 9 rings (SSSR count). The van der Waals surface area contributed by atoms with E-state index in [4.69, 9.17) is 4.42 Å². The van der Waals surface area contributed by atoms with E-state index < -0.39 is 0 Å². The first-order valence-electron chi connectivity index (χ1n) is 16.4. The van der Waals surface area contributed by atoms with Crippen LogP contribution >= 0.6 is 0 Å². The van der Waals surface area contributed by atoms with Crippen LogP contribution in [0, 0.1) is 18.8 Å².